The van der Waals surface area contributed by atoms with E-state index in [0.29, 0.717) is 5.75 Å². The Kier molecular flexibility index (Phi) is 4.22. The van der Waals surface area contributed by atoms with Gasteiger partial charge in [0.25, 0.3) is 0 Å². The van der Waals surface area contributed by atoms with Crippen molar-refractivity contribution in [2.24, 2.45) is 11.7 Å². The van der Waals surface area contributed by atoms with Gasteiger partial charge in [-0.15, -0.1) is 0 Å². The predicted molar refractivity (Wildman–Crippen MR) is 53.5 cm³/mol. The van der Waals surface area contributed by atoms with E-state index in [1.807, 2.05) is 6.92 Å². The van der Waals surface area contributed by atoms with Crippen LogP contribution < -0.4 is 5.73 Å². The molecular formula is C9H19NOS. The highest BCUT2D eigenvalue weighted by atomic mass is 32.2. The van der Waals surface area contributed by atoms with E-state index < -0.39 is 10.8 Å². The normalized spacial score (nSPS) is 23.2. The van der Waals surface area contributed by atoms with E-state index >= 15 is 0 Å². The summed E-state index contributed by atoms with van der Waals surface area (Å²) in [5, 5.41) is 0. The first-order chi connectivity index (χ1) is 5.72. The number of hydrogen-bond acceptors (Lipinski definition) is 2. The van der Waals surface area contributed by atoms with Crippen molar-refractivity contribution in [3.8, 4) is 0 Å². The summed E-state index contributed by atoms with van der Waals surface area (Å²) in [6, 6.07) is 0.144. The van der Waals surface area contributed by atoms with Gasteiger partial charge in [0.2, 0.25) is 0 Å². The van der Waals surface area contributed by atoms with Crippen LogP contribution in [0, 0.1) is 5.92 Å². The third-order valence-electron chi connectivity index (χ3n) is 2.57. The van der Waals surface area contributed by atoms with Crippen LogP contribution in [0.5, 0.6) is 0 Å². The van der Waals surface area contributed by atoms with Crippen LogP contribution in [0.15, 0.2) is 0 Å². The average molecular weight is 189 g/mol. The maximum absolute atomic E-state index is 11.4. The summed E-state index contributed by atoms with van der Waals surface area (Å²) in [5.74, 6) is 2.34. The molecule has 72 valence electrons. The van der Waals surface area contributed by atoms with Crippen molar-refractivity contribution in [2.75, 3.05) is 11.5 Å². The molecule has 0 saturated heterocycles. The first-order valence-corrected chi connectivity index (χ1v) is 6.31. The standard InChI is InChI=1S/C9H19NOS/c1-2-9(10)7-12(11)6-8-4-3-5-8/h8-9H,2-7,10H2,1H3. The van der Waals surface area contributed by atoms with Crippen LogP contribution in [0.3, 0.4) is 0 Å². The van der Waals surface area contributed by atoms with E-state index in [-0.39, 0.29) is 6.04 Å². The fourth-order valence-electron chi connectivity index (χ4n) is 1.35. The summed E-state index contributed by atoms with van der Waals surface area (Å²) in [7, 11) is -0.654. The summed E-state index contributed by atoms with van der Waals surface area (Å²) in [6.07, 6.45) is 4.85. The van der Waals surface area contributed by atoms with Gasteiger partial charge < -0.3 is 5.73 Å². The largest absolute Gasteiger partial charge is 0.327 e. The monoisotopic (exact) mass is 189 g/mol. The first kappa shape index (κ1) is 10.2. The molecule has 2 N–H and O–H groups in total. The zero-order valence-electron chi connectivity index (χ0n) is 7.79. The molecular weight excluding hydrogens is 170 g/mol. The quantitative estimate of drug-likeness (QED) is 0.708. The fourth-order valence-corrected chi connectivity index (χ4v) is 3.06. The molecule has 12 heavy (non-hydrogen) atoms. The van der Waals surface area contributed by atoms with Gasteiger partial charge in [0.1, 0.15) is 0 Å². The molecule has 1 saturated carbocycles. The molecule has 1 aliphatic rings. The van der Waals surface area contributed by atoms with Gasteiger partial charge in [-0.2, -0.15) is 0 Å². The minimum atomic E-state index is -0.654. The summed E-state index contributed by atoms with van der Waals surface area (Å²) >= 11 is 0. The second kappa shape index (κ2) is 4.97. The Morgan fingerprint density at radius 3 is 2.67 bits per heavy atom. The Hall–Kier alpha value is 0.110. The molecule has 0 spiro atoms. The maximum Gasteiger partial charge on any atom is 0.0386 e. The van der Waals surface area contributed by atoms with Crippen molar-refractivity contribution in [1.29, 1.82) is 0 Å². The smallest absolute Gasteiger partial charge is 0.0386 e. The Balaban J connectivity index is 2.10. The third kappa shape index (κ3) is 3.23. The summed E-state index contributed by atoms with van der Waals surface area (Å²) in [4.78, 5) is 0. The molecule has 0 aliphatic heterocycles. The number of rotatable bonds is 5. The van der Waals surface area contributed by atoms with Gasteiger partial charge in [-0.25, -0.2) is 0 Å². The fraction of sp³-hybridized carbons (Fsp3) is 1.00. The highest BCUT2D eigenvalue weighted by molar-refractivity contribution is 7.85. The molecule has 1 rings (SSSR count). The van der Waals surface area contributed by atoms with Gasteiger partial charge in [-0.1, -0.05) is 13.3 Å². The number of hydrogen-bond donors (Lipinski definition) is 1. The van der Waals surface area contributed by atoms with Crippen molar-refractivity contribution >= 4 is 10.8 Å². The van der Waals surface area contributed by atoms with Gasteiger partial charge in [0.05, 0.1) is 0 Å². The SMILES string of the molecule is CCC(N)CS(=O)CC1CCC1. The van der Waals surface area contributed by atoms with Crippen LogP contribution in [-0.4, -0.2) is 21.8 Å². The van der Waals surface area contributed by atoms with Crippen molar-refractivity contribution in [1.82, 2.24) is 0 Å². The van der Waals surface area contributed by atoms with Crippen LogP contribution >= 0.6 is 0 Å². The summed E-state index contributed by atoms with van der Waals surface area (Å²) in [6.45, 7) is 2.05. The van der Waals surface area contributed by atoms with Gasteiger partial charge >= 0.3 is 0 Å². The Morgan fingerprint density at radius 1 is 1.58 bits per heavy atom. The Labute approximate surface area is 77.4 Å². The second-order valence-electron chi connectivity index (χ2n) is 3.74. The molecule has 0 aromatic heterocycles. The third-order valence-corrected chi connectivity index (χ3v) is 4.21. The molecule has 0 aromatic carbocycles. The van der Waals surface area contributed by atoms with E-state index in [4.69, 9.17) is 5.73 Å². The van der Waals surface area contributed by atoms with Gasteiger partial charge in [0.15, 0.2) is 0 Å². The van der Waals surface area contributed by atoms with E-state index in [2.05, 4.69) is 0 Å². The van der Waals surface area contributed by atoms with E-state index in [9.17, 15) is 4.21 Å². The van der Waals surface area contributed by atoms with E-state index in [1.165, 1.54) is 19.3 Å². The maximum atomic E-state index is 11.4. The Morgan fingerprint density at radius 2 is 2.25 bits per heavy atom. The van der Waals surface area contributed by atoms with Crippen molar-refractivity contribution < 1.29 is 4.21 Å². The molecule has 2 atom stereocenters. The van der Waals surface area contributed by atoms with E-state index in [1.54, 1.807) is 0 Å². The van der Waals surface area contributed by atoms with Crippen LogP contribution in [-0.2, 0) is 10.8 Å². The first-order valence-electron chi connectivity index (χ1n) is 4.83. The minimum absolute atomic E-state index is 0.144. The molecule has 0 aromatic rings. The lowest BCUT2D eigenvalue weighted by Gasteiger charge is -2.25. The molecule has 0 heterocycles. The van der Waals surface area contributed by atoms with Crippen LogP contribution in [0.25, 0.3) is 0 Å². The van der Waals surface area contributed by atoms with Crippen molar-refractivity contribution in [3.63, 3.8) is 0 Å². The molecule has 0 radical (unpaired) electrons. The Bertz CT molecular complexity index is 148. The lowest BCUT2D eigenvalue weighted by atomic mass is 9.87. The molecule has 1 aliphatic carbocycles. The molecule has 1 fully saturated rings. The highest BCUT2D eigenvalue weighted by Gasteiger charge is 2.20. The van der Waals surface area contributed by atoms with Crippen LogP contribution in [0.2, 0.25) is 0 Å². The zero-order valence-corrected chi connectivity index (χ0v) is 8.61. The minimum Gasteiger partial charge on any atom is -0.327 e. The molecule has 3 heteroatoms. The van der Waals surface area contributed by atoms with Crippen LogP contribution in [0.1, 0.15) is 32.6 Å². The summed E-state index contributed by atoms with van der Waals surface area (Å²) in [5.41, 5.74) is 5.72. The second-order valence-corrected chi connectivity index (χ2v) is 5.28. The van der Waals surface area contributed by atoms with Crippen LogP contribution in [0.4, 0.5) is 0 Å². The highest BCUT2D eigenvalue weighted by Crippen LogP contribution is 2.26. The van der Waals surface area contributed by atoms with Gasteiger partial charge in [0, 0.05) is 28.3 Å². The molecule has 2 nitrogen and oxygen atoms in total. The predicted octanol–water partition coefficient (Wildman–Crippen LogP) is 1.27. The zero-order chi connectivity index (χ0) is 8.97. The van der Waals surface area contributed by atoms with Gasteiger partial charge in [-0.3, -0.25) is 4.21 Å². The van der Waals surface area contributed by atoms with Crippen molar-refractivity contribution in [3.05, 3.63) is 0 Å². The molecule has 0 bridgehead atoms. The number of nitrogens with two attached hydrogens (primary N) is 1. The molecule has 2 unspecified atom stereocenters. The van der Waals surface area contributed by atoms with E-state index in [0.717, 1.165) is 18.1 Å². The summed E-state index contributed by atoms with van der Waals surface area (Å²) < 4.78 is 11.4. The van der Waals surface area contributed by atoms with Gasteiger partial charge in [-0.05, 0) is 25.2 Å². The lowest BCUT2D eigenvalue weighted by Crippen LogP contribution is -2.29. The average Bonchev–Trinajstić information content (AvgIpc) is 1.97. The molecule has 0 amide bonds. The topological polar surface area (TPSA) is 43.1 Å². The lowest BCUT2D eigenvalue weighted by molar-refractivity contribution is 0.350. The van der Waals surface area contributed by atoms with Crippen molar-refractivity contribution in [2.45, 2.75) is 38.6 Å².